The normalized spacial score (nSPS) is 52.6. The largest absolute Gasteiger partial charge is 0.374 e. The smallest absolute Gasteiger partial charge is 0.0669 e. The first-order valence-electron chi connectivity index (χ1n) is 8.69. The molecule has 1 nitrogen and oxygen atoms in total. The number of hydrogen-bond acceptors (Lipinski definition) is 1. The highest BCUT2D eigenvalue weighted by molar-refractivity contribution is 5.17. The molecule has 1 aliphatic heterocycles. The lowest BCUT2D eigenvalue weighted by Crippen LogP contribution is -2.38. The number of hydrogen-bond donors (Lipinski definition) is 0. The minimum Gasteiger partial charge on any atom is -0.374 e. The van der Waals surface area contributed by atoms with Crippen molar-refractivity contribution in [2.24, 2.45) is 28.6 Å². The van der Waals surface area contributed by atoms with Crippen LogP contribution in [0.4, 0.5) is 0 Å². The molecule has 1 saturated heterocycles. The fraction of sp³-hybridized carbons (Fsp3) is 1.00. The van der Waals surface area contributed by atoms with Crippen LogP contribution >= 0.6 is 0 Å². The number of ether oxygens (including phenoxy) is 1. The van der Waals surface area contributed by atoms with Crippen LogP contribution in [0.1, 0.15) is 72.1 Å². The van der Waals surface area contributed by atoms with Crippen molar-refractivity contribution in [3.05, 3.63) is 0 Å². The maximum Gasteiger partial charge on any atom is 0.0669 e. The van der Waals surface area contributed by atoms with Crippen LogP contribution in [-0.4, -0.2) is 12.2 Å². The van der Waals surface area contributed by atoms with Gasteiger partial charge in [-0.3, -0.25) is 0 Å². The second-order valence-corrected chi connectivity index (χ2v) is 8.68. The minimum atomic E-state index is 0.464. The maximum atomic E-state index is 6.70. The van der Waals surface area contributed by atoms with Crippen LogP contribution in [0.25, 0.3) is 0 Å². The molecule has 1 heterocycles. The molecule has 19 heavy (non-hydrogen) atoms. The standard InChI is InChI=1S/C18H30O/c1-17(2)14-9-10-18(17,3)16-13(14)11-15(19-16)12-7-5-4-6-8-12/h12-16H,4-11H2,1-3H3. The second kappa shape index (κ2) is 4.00. The van der Waals surface area contributed by atoms with Gasteiger partial charge in [-0.15, -0.1) is 0 Å². The summed E-state index contributed by atoms with van der Waals surface area (Å²) in [4.78, 5) is 0. The van der Waals surface area contributed by atoms with E-state index in [4.69, 9.17) is 4.74 Å². The average molecular weight is 262 g/mol. The molecule has 4 fully saturated rings. The molecule has 0 aromatic heterocycles. The van der Waals surface area contributed by atoms with Crippen molar-refractivity contribution in [1.82, 2.24) is 0 Å². The molecule has 4 aliphatic rings. The first-order chi connectivity index (χ1) is 9.04. The zero-order valence-electron chi connectivity index (χ0n) is 13.0. The molecule has 4 rings (SSSR count). The third-order valence-corrected chi connectivity index (χ3v) is 7.91. The van der Waals surface area contributed by atoms with Gasteiger partial charge in [0.2, 0.25) is 0 Å². The van der Waals surface area contributed by atoms with Gasteiger partial charge in [-0.05, 0) is 60.7 Å². The van der Waals surface area contributed by atoms with E-state index in [2.05, 4.69) is 20.8 Å². The van der Waals surface area contributed by atoms with Gasteiger partial charge in [0.05, 0.1) is 12.2 Å². The topological polar surface area (TPSA) is 9.23 Å². The van der Waals surface area contributed by atoms with E-state index >= 15 is 0 Å². The van der Waals surface area contributed by atoms with Gasteiger partial charge in [0.1, 0.15) is 0 Å². The molecule has 0 aromatic rings. The highest BCUT2D eigenvalue weighted by Gasteiger charge is 2.69. The Morgan fingerprint density at radius 1 is 0.947 bits per heavy atom. The summed E-state index contributed by atoms with van der Waals surface area (Å²) in [6, 6.07) is 0. The van der Waals surface area contributed by atoms with Crippen molar-refractivity contribution in [2.75, 3.05) is 0 Å². The summed E-state index contributed by atoms with van der Waals surface area (Å²) in [5, 5.41) is 0. The molecule has 0 radical (unpaired) electrons. The predicted molar refractivity (Wildman–Crippen MR) is 78.0 cm³/mol. The van der Waals surface area contributed by atoms with E-state index in [9.17, 15) is 0 Å². The van der Waals surface area contributed by atoms with Gasteiger partial charge in [-0.25, -0.2) is 0 Å². The molecular formula is C18H30O. The van der Waals surface area contributed by atoms with E-state index in [-0.39, 0.29) is 0 Å². The summed E-state index contributed by atoms with van der Waals surface area (Å²) in [5.41, 5.74) is 0.978. The Hall–Kier alpha value is -0.0400. The average Bonchev–Trinajstić information content (AvgIpc) is 2.97. The van der Waals surface area contributed by atoms with Crippen molar-refractivity contribution in [1.29, 1.82) is 0 Å². The molecule has 0 aromatic carbocycles. The quantitative estimate of drug-likeness (QED) is 0.660. The van der Waals surface area contributed by atoms with Crippen molar-refractivity contribution in [3.63, 3.8) is 0 Å². The first kappa shape index (κ1) is 12.7. The van der Waals surface area contributed by atoms with Gasteiger partial charge in [-0.2, -0.15) is 0 Å². The van der Waals surface area contributed by atoms with Gasteiger partial charge < -0.3 is 4.74 Å². The highest BCUT2D eigenvalue weighted by Crippen LogP contribution is 2.71. The summed E-state index contributed by atoms with van der Waals surface area (Å²) in [6.45, 7) is 7.56. The zero-order chi connectivity index (χ0) is 13.3. The molecule has 0 N–H and O–H groups in total. The number of fused-ring (bicyclic) bond motifs is 5. The van der Waals surface area contributed by atoms with Crippen LogP contribution in [0.15, 0.2) is 0 Å². The molecule has 2 bridgehead atoms. The van der Waals surface area contributed by atoms with E-state index in [0.717, 1.165) is 17.8 Å². The van der Waals surface area contributed by atoms with Crippen LogP contribution in [-0.2, 0) is 4.74 Å². The van der Waals surface area contributed by atoms with E-state index in [1.165, 1.54) is 51.4 Å². The Balaban J connectivity index is 1.55. The Morgan fingerprint density at radius 3 is 2.37 bits per heavy atom. The Kier molecular flexibility index (Phi) is 2.67. The van der Waals surface area contributed by atoms with Gasteiger partial charge in [0.15, 0.2) is 0 Å². The SMILES string of the molecule is CC1(C)C2CCC1(C)C1OC(C3CCCCC3)CC21. The summed E-state index contributed by atoms with van der Waals surface area (Å²) in [6.07, 6.45) is 12.7. The molecule has 3 saturated carbocycles. The van der Waals surface area contributed by atoms with Crippen LogP contribution in [0.5, 0.6) is 0 Å². The van der Waals surface area contributed by atoms with Crippen molar-refractivity contribution < 1.29 is 4.74 Å². The van der Waals surface area contributed by atoms with Crippen molar-refractivity contribution in [3.8, 4) is 0 Å². The fourth-order valence-corrected chi connectivity index (χ4v) is 6.36. The van der Waals surface area contributed by atoms with Crippen LogP contribution < -0.4 is 0 Å². The van der Waals surface area contributed by atoms with E-state index in [1.54, 1.807) is 0 Å². The summed E-state index contributed by atoms with van der Waals surface area (Å²) < 4.78 is 6.70. The van der Waals surface area contributed by atoms with E-state index < -0.39 is 0 Å². The molecule has 5 unspecified atom stereocenters. The second-order valence-electron chi connectivity index (χ2n) is 8.68. The molecule has 3 aliphatic carbocycles. The van der Waals surface area contributed by atoms with E-state index in [1.807, 2.05) is 0 Å². The lowest BCUT2D eigenvalue weighted by atomic mass is 9.70. The summed E-state index contributed by atoms with van der Waals surface area (Å²) in [7, 11) is 0. The molecule has 0 amide bonds. The lowest BCUT2D eigenvalue weighted by molar-refractivity contribution is -0.0752. The number of rotatable bonds is 1. The van der Waals surface area contributed by atoms with Gasteiger partial charge in [0.25, 0.3) is 0 Å². The maximum absolute atomic E-state index is 6.70. The molecule has 1 heteroatoms. The summed E-state index contributed by atoms with van der Waals surface area (Å²) >= 11 is 0. The zero-order valence-corrected chi connectivity index (χ0v) is 13.0. The molecule has 108 valence electrons. The third kappa shape index (κ3) is 1.51. The Morgan fingerprint density at radius 2 is 1.68 bits per heavy atom. The van der Waals surface area contributed by atoms with Gasteiger partial charge >= 0.3 is 0 Å². The Bertz CT molecular complexity index is 368. The monoisotopic (exact) mass is 262 g/mol. The summed E-state index contributed by atoms with van der Waals surface area (Å²) in [5.74, 6) is 2.72. The lowest BCUT2D eigenvalue weighted by Gasteiger charge is -2.39. The molecule has 0 spiro atoms. The van der Waals surface area contributed by atoms with Crippen molar-refractivity contribution in [2.45, 2.75) is 84.3 Å². The first-order valence-corrected chi connectivity index (χ1v) is 8.69. The van der Waals surface area contributed by atoms with Crippen molar-refractivity contribution >= 4 is 0 Å². The van der Waals surface area contributed by atoms with Gasteiger partial charge in [0, 0.05) is 0 Å². The van der Waals surface area contributed by atoms with Gasteiger partial charge in [-0.1, -0.05) is 40.0 Å². The van der Waals surface area contributed by atoms with Crippen LogP contribution in [0.2, 0.25) is 0 Å². The minimum absolute atomic E-state index is 0.464. The predicted octanol–water partition coefficient (Wildman–Crippen LogP) is 4.80. The highest BCUT2D eigenvalue weighted by atomic mass is 16.5. The molecular weight excluding hydrogens is 232 g/mol. The Labute approximate surface area is 118 Å². The van der Waals surface area contributed by atoms with E-state index in [0.29, 0.717) is 23.0 Å². The molecule has 5 atom stereocenters. The van der Waals surface area contributed by atoms with Crippen LogP contribution in [0, 0.1) is 28.6 Å². The fourth-order valence-electron chi connectivity index (χ4n) is 6.36. The van der Waals surface area contributed by atoms with Crippen LogP contribution in [0.3, 0.4) is 0 Å². The third-order valence-electron chi connectivity index (χ3n) is 7.91.